The lowest BCUT2D eigenvalue weighted by Crippen LogP contribution is -2.48. The highest BCUT2D eigenvalue weighted by atomic mass is 19.4. The Morgan fingerprint density at radius 2 is 1.86 bits per heavy atom. The number of carbonyl (C=O) groups excluding carboxylic acids is 1. The Balaban J connectivity index is 2.55. The van der Waals surface area contributed by atoms with E-state index in [2.05, 4.69) is 5.32 Å². The summed E-state index contributed by atoms with van der Waals surface area (Å²) in [5, 5.41) is 3.03. The molecule has 1 N–H and O–H groups in total. The molecule has 0 bridgehead atoms. The van der Waals surface area contributed by atoms with E-state index in [1.807, 2.05) is 0 Å². The van der Waals surface area contributed by atoms with Crippen LogP contribution in [0.25, 0.3) is 0 Å². The van der Waals surface area contributed by atoms with Gasteiger partial charge in [0.15, 0.2) is 0 Å². The van der Waals surface area contributed by atoms with Crippen molar-refractivity contribution in [2.24, 2.45) is 0 Å². The predicted molar refractivity (Wildman–Crippen MR) is 44.7 cm³/mol. The van der Waals surface area contributed by atoms with Crippen LogP contribution in [0.15, 0.2) is 0 Å². The molecule has 0 aliphatic carbocycles. The quantitative estimate of drug-likeness (QED) is 0.693. The lowest BCUT2D eigenvalue weighted by Gasteiger charge is -2.31. The molecule has 0 aromatic carbocycles. The van der Waals surface area contributed by atoms with Crippen LogP contribution in [-0.2, 0) is 4.79 Å². The first-order valence-electron chi connectivity index (χ1n) is 4.47. The van der Waals surface area contributed by atoms with Crippen molar-refractivity contribution in [1.82, 2.24) is 10.2 Å². The van der Waals surface area contributed by atoms with Crippen LogP contribution >= 0.6 is 0 Å². The molecule has 1 aliphatic heterocycles. The van der Waals surface area contributed by atoms with Crippen LogP contribution in [0.1, 0.15) is 12.8 Å². The van der Waals surface area contributed by atoms with Crippen LogP contribution in [0.3, 0.4) is 0 Å². The average molecular weight is 210 g/mol. The van der Waals surface area contributed by atoms with Gasteiger partial charge in [0, 0.05) is 13.1 Å². The third kappa shape index (κ3) is 2.60. The SMILES string of the molecule is CN(C(=O)C(F)(F)F)C1CCNCC1. The molecule has 1 rings (SSSR count). The van der Waals surface area contributed by atoms with Gasteiger partial charge in [-0.05, 0) is 25.9 Å². The zero-order valence-electron chi connectivity index (χ0n) is 7.90. The molecule has 0 unspecified atom stereocenters. The monoisotopic (exact) mass is 210 g/mol. The van der Waals surface area contributed by atoms with Crippen molar-refractivity contribution in [3.63, 3.8) is 0 Å². The minimum Gasteiger partial charge on any atom is -0.335 e. The molecule has 3 nitrogen and oxygen atoms in total. The normalized spacial score (nSPS) is 19.4. The largest absolute Gasteiger partial charge is 0.471 e. The predicted octanol–water partition coefficient (Wildman–Crippen LogP) is 0.759. The molecule has 0 saturated carbocycles. The molecule has 1 aliphatic rings. The first-order chi connectivity index (χ1) is 6.43. The summed E-state index contributed by atoms with van der Waals surface area (Å²) in [5.41, 5.74) is 0. The zero-order valence-corrected chi connectivity index (χ0v) is 7.90. The Morgan fingerprint density at radius 1 is 1.36 bits per heavy atom. The number of alkyl halides is 3. The second-order valence-corrected chi connectivity index (χ2v) is 3.39. The lowest BCUT2D eigenvalue weighted by atomic mass is 10.1. The summed E-state index contributed by atoms with van der Waals surface area (Å²) in [6.07, 6.45) is -3.59. The molecular weight excluding hydrogens is 197 g/mol. The third-order valence-corrected chi connectivity index (χ3v) is 2.42. The first-order valence-corrected chi connectivity index (χ1v) is 4.47. The highest BCUT2D eigenvalue weighted by Crippen LogP contribution is 2.21. The van der Waals surface area contributed by atoms with Crippen molar-refractivity contribution in [2.75, 3.05) is 20.1 Å². The second-order valence-electron chi connectivity index (χ2n) is 3.39. The Morgan fingerprint density at radius 3 is 2.29 bits per heavy atom. The smallest absolute Gasteiger partial charge is 0.335 e. The Kier molecular flexibility index (Phi) is 3.36. The van der Waals surface area contributed by atoms with Crippen LogP contribution in [0.4, 0.5) is 13.2 Å². The minimum absolute atomic E-state index is 0.287. The van der Waals surface area contributed by atoms with Crippen LogP contribution in [-0.4, -0.2) is 43.2 Å². The van der Waals surface area contributed by atoms with Gasteiger partial charge in [-0.3, -0.25) is 4.79 Å². The molecule has 0 atom stereocenters. The van der Waals surface area contributed by atoms with Crippen molar-refractivity contribution >= 4 is 5.91 Å². The first kappa shape index (κ1) is 11.3. The molecule has 1 fully saturated rings. The van der Waals surface area contributed by atoms with E-state index in [1.165, 1.54) is 7.05 Å². The van der Waals surface area contributed by atoms with E-state index >= 15 is 0 Å². The van der Waals surface area contributed by atoms with Gasteiger partial charge in [0.2, 0.25) is 0 Å². The molecule has 0 aromatic heterocycles. The van der Waals surface area contributed by atoms with Gasteiger partial charge in [0.05, 0.1) is 0 Å². The molecule has 82 valence electrons. The Labute approximate surface area is 80.3 Å². The number of hydrogen-bond donors (Lipinski definition) is 1. The van der Waals surface area contributed by atoms with E-state index in [0.717, 1.165) is 4.90 Å². The molecule has 6 heteroatoms. The average Bonchev–Trinajstić information content (AvgIpc) is 2.15. The number of hydrogen-bond acceptors (Lipinski definition) is 2. The third-order valence-electron chi connectivity index (χ3n) is 2.42. The summed E-state index contributed by atoms with van der Waals surface area (Å²) >= 11 is 0. The molecular formula is C8H13F3N2O. The van der Waals surface area contributed by atoms with E-state index in [1.54, 1.807) is 0 Å². The molecule has 0 aromatic rings. The van der Waals surface area contributed by atoms with Gasteiger partial charge < -0.3 is 10.2 Å². The summed E-state index contributed by atoms with van der Waals surface area (Å²) in [6, 6.07) is -0.287. The molecule has 1 saturated heterocycles. The van der Waals surface area contributed by atoms with Gasteiger partial charge in [-0.2, -0.15) is 13.2 Å². The Hall–Kier alpha value is -0.780. The number of nitrogens with one attached hydrogen (secondary N) is 1. The fraction of sp³-hybridized carbons (Fsp3) is 0.875. The van der Waals surface area contributed by atoms with Crippen molar-refractivity contribution in [1.29, 1.82) is 0 Å². The summed E-state index contributed by atoms with van der Waals surface area (Å²) < 4.78 is 36.1. The highest BCUT2D eigenvalue weighted by Gasteiger charge is 2.43. The maximum absolute atomic E-state index is 12.0. The van der Waals surface area contributed by atoms with E-state index in [4.69, 9.17) is 0 Å². The van der Waals surface area contributed by atoms with E-state index in [0.29, 0.717) is 25.9 Å². The minimum atomic E-state index is -4.75. The van der Waals surface area contributed by atoms with Gasteiger partial charge in [-0.25, -0.2) is 0 Å². The van der Waals surface area contributed by atoms with Crippen molar-refractivity contribution in [3.8, 4) is 0 Å². The lowest BCUT2D eigenvalue weighted by molar-refractivity contribution is -0.186. The van der Waals surface area contributed by atoms with Crippen molar-refractivity contribution < 1.29 is 18.0 Å². The summed E-state index contributed by atoms with van der Waals surface area (Å²) in [5.74, 6) is -1.75. The van der Waals surface area contributed by atoms with E-state index < -0.39 is 12.1 Å². The number of rotatable bonds is 1. The second kappa shape index (κ2) is 4.16. The Bertz CT molecular complexity index is 211. The summed E-state index contributed by atoms with van der Waals surface area (Å²) in [7, 11) is 1.21. The fourth-order valence-corrected chi connectivity index (χ4v) is 1.56. The zero-order chi connectivity index (χ0) is 10.8. The topological polar surface area (TPSA) is 32.3 Å². The molecule has 1 heterocycles. The number of amides is 1. The van der Waals surface area contributed by atoms with Crippen molar-refractivity contribution in [2.45, 2.75) is 25.1 Å². The van der Waals surface area contributed by atoms with Crippen molar-refractivity contribution in [3.05, 3.63) is 0 Å². The van der Waals surface area contributed by atoms with Crippen LogP contribution in [0.5, 0.6) is 0 Å². The fourth-order valence-electron chi connectivity index (χ4n) is 1.56. The van der Waals surface area contributed by atoms with Gasteiger partial charge in [0.1, 0.15) is 0 Å². The van der Waals surface area contributed by atoms with E-state index in [9.17, 15) is 18.0 Å². The number of nitrogens with zero attached hydrogens (tertiary/aromatic N) is 1. The highest BCUT2D eigenvalue weighted by molar-refractivity contribution is 5.81. The van der Waals surface area contributed by atoms with Crippen LogP contribution < -0.4 is 5.32 Å². The molecule has 0 radical (unpaired) electrons. The van der Waals surface area contributed by atoms with Gasteiger partial charge >= 0.3 is 12.1 Å². The number of carbonyl (C=O) groups is 1. The van der Waals surface area contributed by atoms with Gasteiger partial charge in [-0.1, -0.05) is 0 Å². The number of halogens is 3. The molecule has 1 amide bonds. The number of piperidine rings is 1. The van der Waals surface area contributed by atoms with Crippen LogP contribution in [0, 0.1) is 0 Å². The standard InChI is InChI=1S/C8H13F3N2O/c1-13(7(14)8(9,10)11)6-2-4-12-5-3-6/h6,12H,2-5H2,1H3. The summed E-state index contributed by atoms with van der Waals surface area (Å²) in [6.45, 7) is 1.33. The maximum Gasteiger partial charge on any atom is 0.471 e. The van der Waals surface area contributed by atoms with Gasteiger partial charge in [0.25, 0.3) is 0 Å². The summed E-state index contributed by atoms with van der Waals surface area (Å²) in [4.78, 5) is 11.7. The molecule has 0 spiro atoms. The van der Waals surface area contributed by atoms with E-state index in [-0.39, 0.29) is 6.04 Å². The van der Waals surface area contributed by atoms with Crippen LogP contribution in [0.2, 0.25) is 0 Å². The van der Waals surface area contributed by atoms with Gasteiger partial charge in [-0.15, -0.1) is 0 Å². The molecule has 14 heavy (non-hydrogen) atoms. The maximum atomic E-state index is 12.0.